The molecule has 1 amide bonds. The van der Waals surface area contributed by atoms with Gasteiger partial charge in [-0.05, 0) is 53.4 Å². The first-order valence-corrected chi connectivity index (χ1v) is 13.0. The molecule has 6 rings (SSSR count). The summed E-state index contributed by atoms with van der Waals surface area (Å²) in [5.74, 6) is 0.411. The molecule has 0 saturated carbocycles. The van der Waals surface area contributed by atoms with E-state index in [2.05, 4.69) is 5.32 Å². The van der Waals surface area contributed by atoms with Gasteiger partial charge >= 0.3 is 6.09 Å². The van der Waals surface area contributed by atoms with Crippen molar-refractivity contribution < 1.29 is 27.5 Å². The SMILES string of the molecule is O=C(N[C@H]1C[N+]2(CCCOc3ccccc3)CCC1CC2)OC(c1cccc(F)c1)c1cccc(F)c1. The Morgan fingerprint density at radius 1 is 0.919 bits per heavy atom. The molecule has 3 fully saturated rings. The maximum atomic E-state index is 14.0. The first kappa shape index (κ1) is 25.2. The minimum absolute atomic E-state index is 0.00529. The Labute approximate surface area is 216 Å². The predicted molar refractivity (Wildman–Crippen MR) is 137 cm³/mol. The highest BCUT2D eigenvalue weighted by molar-refractivity contribution is 5.68. The number of carbonyl (C=O) groups excluding carboxylic acids is 1. The highest BCUT2D eigenvalue weighted by Gasteiger charge is 2.46. The van der Waals surface area contributed by atoms with Crippen molar-refractivity contribution in [3.05, 3.63) is 102 Å². The van der Waals surface area contributed by atoms with Crippen LogP contribution < -0.4 is 10.1 Å². The Hall–Kier alpha value is -3.45. The molecular weight excluding hydrogens is 474 g/mol. The lowest BCUT2D eigenvalue weighted by Gasteiger charge is -2.52. The minimum atomic E-state index is -0.911. The molecule has 3 saturated heterocycles. The molecule has 3 aliphatic rings. The number of nitrogens with zero attached hydrogens (tertiary/aromatic N) is 1. The molecule has 3 aromatic rings. The van der Waals surface area contributed by atoms with Crippen LogP contribution in [0.5, 0.6) is 5.75 Å². The third-order valence-electron chi connectivity index (χ3n) is 7.72. The van der Waals surface area contributed by atoms with Gasteiger partial charge in [0.1, 0.15) is 17.4 Å². The van der Waals surface area contributed by atoms with Crippen LogP contribution >= 0.6 is 0 Å². The van der Waals surface area contributed by atoms with Gasteiger partial charge in [-0.25, -0.2) is 13.6 Å². The number of amides is 1. The maximum absolute atomic E-state index is 14.0. The summed E-state index contributed by atoms with van der Waals surface area (Å²) in [7, 11) is 0. The Morgan fingerprint density at radius 3 is 2.19 bits per heavy atom. The number of rotatable bonds is 9. The molecule has 3 heterocycles. The van der Waals surface area contributed by atoms with Crippen LogP contribution in [0.3, 0.4) is 0 Å². The normalized spacial score (nSPS) is 22.6. The number of para-hydroxylation sites is 1. The van der Waals surface area contributed by atoms with Crippen molar-refractivity contribution in [3.63, 3.8) is 0 Å². The van der Waals surface area contributed by atoms with E-state index in [-0.39, 0.29) is 6.04 Å². The molecule has 0 aliphatic carbocycles. The van der Waals surface area contributed by atoms with Gasteiger partial charge in [-0.1, -0.05) is 42.5 Å². The summed E-state index contributed by atoms with van der Waals surface area (Å²) >= 11 is 0. The summed E-state index contributed by atoms with van der Waals surface area (Å²) in [6, 6.07) is 21.6. The van der Waals surface area contributed by atoms with Gasteiger partial charge < -0.3 is 19.3 Å². The number of alkyl carbamates (subject to hydrolysis) is 1. The van der Waals surface area contributed by atoms with Crippen LogP contribution in [-0.2, 0) is 4.74 Å². The van der Waals surface area contributed by atoms with Gasteiger partial charge in [-0.3, -0.25) is 0 Å². The summed E-state index contributed by atoms with van der Waals surface area (Å²) in [5, 5.41) is 3.10. The molecule has 37 heavy (non-hydrogen) atoms. The number of quaternary nitrogens is 1. The van der Waals surface area contributed by atoms with Gasteiger partial charge in [-0.2, -0.15) is 0 Å². The summed E-state index contributed by atoms with van der Waals surface area (Å²) in [5.41, 5.74) is 0.910. The van der Waals surface area contributed by atoms with E-state index in [9.17, 15) is 13.6 Å². The lowest BCUT2D eigenvalue weighted by molar-refractivity contribution is -0.944. The van der Waals surface area contributed by atoms with Crippen molar-refractivity contribution in [1.29, 1.82) is 0 Å². The molecule has 5 nitrogen and oxygen atoms in total. The maximum Gasteiger partial charge on any atom is 0.408 e. The van der Waals surface area contributed by atoms with Gasteiger partial charge in [0.2, 0.25) is 0 Å². The molecule has 0 unspecified atom stereocenters. The van der Waals surface area contributed by atoms with Gasteiger partial charge in [0.05, 0.1) is 38.8 Å². The van der Waals surface area contributed by atoms with E-state index in [4.69, 9.17) is 9.47 Å². The summed E-state index contributed by atoms with van der Waals surface area (Å²) in [4.78, 5) is 13.1. The van der Waals surface area contributed by atoms with Crippen molar-refractivity contribution in [2.75, 3.05) is 32.8 Å². The lowest BCUT2D eigenvalue weighted by atomic mass is 9.81. The number of benzene rings is 3. The third-order valence-corrected chi connectivity index (χ3v) is 7.72. The summed E-state index contributed by atoms with van der Waals surface area (Å²) < 4.78 is 40.6. The molecule has 0 radical (unpaired) electrons. The fourth-order valence-corrected chi connectivity index (χ4v) is 5.83. The molecule has 0 aromatic heterocycles. The van der Waals surface area contributed by atoms with Crippen LogP contribution in [0.4, 0.5) is 13.6 Å². The number of hydrogen-bond donors (Lipinski definition) is 1. The third kappa shape index (κ3) is 6.28. The second-order valence-corrected chi connectivity index (χ2v) is 10.2. The van der Waals surface area contributed by atoms with Gasteiger partial charge in [0, 0.05) is 19.3 Å². The second-order valence-electron chi connectivity index (χ2n) is 10.2. The second kappa shape index (κ2) is 11.3. The number of hydrogen-bond acceptors (Lipinski definition) is 3. The monoisotopic (exact) mass is 507 g/mol. The number of nitrogens with one attached hydrogen (secondary N) is 1. The zero-order valence-electron chi connectivity index (χ0n) is 20.8. The van der Waals surface area contributed by atoms with Crippen molar-refractivity contribution in [2.45, 2.75) is 31.4 Å². The molecule has 1 N–H and O–H groups in total. The predicted octanol–water partition coefficient (Wildman–Crippen LogP) is 5.86. The fourth-order valence-electron chi connectivity index (χ4n) is 5.83. The first-order chi connectivity index (χ1) is 18.0. The topological polar surface area (TPSA) is 47.6 Å². The first-order valence-electron chi connectivity index (χ1n) is 13.0. The number of carbonyl (C=O) groups is 1. The average molecular weight is 508 g/mol. The number of halogens is 2. The van der Waals surface area contributed by atoms with E-state index in [1.54, 1.807) is 24.3 Å². The Kier molecular flexibility index (Phi) is 7.70. The zero-order chi connectivity index (χ0) is 25.7. The van der Waals surface area contributed by atoms with Gasteiger partial charge in [0.15, 0.2) is 6.10 Å². The molecule has 2 bridgehead atoms. The Morgan fingerprint density at radius 2 is 1.57 bits per heavy atom. The minimum Gasteiger partial charge on any atom is -0.493 e. The van der Waals surface area contributed by atoms with E-state index >= 15 is 0 Å². The highest BCUT2D eigenvalue weighted by atomic mass is 19.1. The molecule has 0 spiro atoms. The van der Waals surface area contributed by atoms with Gasteiger partial charge in [-0.15, -0.1) is 0 Å². The van der Waals surface area contributed by atoms with Gasteiger partial charge in [0.25, 0.3) is 0 Å². The number of piperidine rings is 3. The lowest BCUT2D eigenvalue weighted by Crippen LogP contribution is -2.67. The standard InChI is InChI=1S/C30H32F2N2O3/c31-25-9-4-7-23(19-25)29(24-8-5-10-26(32)20-24)37-30(35)33-28-21-34(16-13-22(28)14-17-34)15-6-18-36-27-11-2-1-3-12-27/h1-5,7-12,19-20,22,28-29H,6,13-18,21H2/p+1/t22?,28-,34?/m0/s1. The van der Waals surface area contributed by atoms with Crippen LogP contribution in [0.2, 0.25) is 0 Å². The van der Waals surface area contributed by atoms with Crippen molar-refractivity contribution >= 4 is 6.09 Å². The smallest absolute Gasteiger partial charge is 0.408 e. The average Bonchev–Trinajstić information content (AvgIpc) is 2.91. The quantitative estimate of drug-likeness (QED) is 0.292. The van der Waals surface area contributed by atoms with Crippen LogP contribution in [-0.4, -0.2) is 49.4 Å². The number of fused-ring (bicyclic) bond motifs is 3. The van der Waals surface area contributed by atoms with E-state index in [0.29, 0.717) is 23.7 Å². The van der Waals surface area contributed by atoms with E-state index in [0.717, 1.165) is 55.7 Å². The van der Waals surface area contributed by atoms with Crippen molar-refractivity contribution in [3.8, 4) is 5.75 Å². The van der Waals surface area contributed by atoms with E-state index in [1.807, 2.05) is 30.3 Å². The molecular formula is C30H33F2N2O3+. The largest absolute Gasteiger partial charge is 0.493 e. The molecule has 194 valence electrons. The zero-order valence-corrected chi connectivity index (χ0v) is 20.8. The van der Waals surface area contributed by atoms with Crippen molar-refractivity contribution in [2.24, 2.45) is 5.92 Å². The van der Waals surface area contributed by atoms with Crippen LogP contribution in [0.1, 0.15) is 36.5 Å². The molecule has 3 aliphatic heterocycles. The Balaban J connectivity index is 1.21. The molecule has 7 heteroatoms. The molecule has 3 aromatic carbocycles. The fraction of sp³-hybridized carbons (Fsp3) is 0.367. The highest BCUT2D eigenvalue weighted by Crippen LogP contribution is 2.35. The number of ether oxygens (including phenoxy) is 2. The van der Waals surface area contributed by atoms with Crippen molar-refractivity contribution in [1.82, 2.24) is 5.32 Å². The molecule has 1 atom stereocenters. The van der Waals surface area contributed by atoms with Crippen LogP contribution in [0.15, 0.2) is 78.9 Å². The van der Waals surface area contributed by atoms with E-state index in [1.165, 1.54) is 24.3 Å². The van der Waals surface area contributed by atoms with Crippen LogP contribution in [0.25, 0.3) is 0 Å². The summed E-state index contributed by atoms with van der Waals surface area (Å²) in [6.45, 7) is 4.74. The van der Waals surface area contributed by atoms with Crippen LogP contribution in [0, 0.1) is 17.6 Å². The summed E-state index contributed by atoms with van der Waals surface area (Å²) in [6.07, 6.45) is 1.58. The Bertz CT molecular complexity index is 1150. The van der Waals surface area contributed by atoms with E-state index < -0.39 is 23.8 Å².